The summed E-state index contributed by atoms with van der Waals surface area (Å²) >= 11 is 1.68. The standard InChI is InChI=1S/C13H23N3O3S2.HI/c1-3-14-13(16-11-12-5-4-9-20-12)15-6-7-19-8-10-21(2,17)18;/h4-5,9H,3,6-8,10-11H2,1-2H3,(H2,14,15,16);1H. The van der Waals surface area contributed by atoms with Crippen molar-refractivity contribution in [2.75, 3.05) is 38.3 Å². The molecule has 1 rings (SSSR count). The highest BCUT2D eigenvalue weighted by atomic mass is 127. The molecule has 0 saturated heterocycles. The van der Waals surface area contributed by atoms with Gasteiger partial charge >= 0.3 is 0 Å². The van der Waals surface area contributed by atoms with Crippen molar-refractivity contribution >= 4 is 51.1 Å². The molecule has 2 N–H and O–H groups in total. The predicted molar refractivity (Wildman–Crippen MR) is 103 cm³/mol. The maximum absolute atomic E-state index is 10.9. The van der Waals surface area contributed by atoms with E-state index < -0.39 is 9.84 Å². The molecule has 1 aromatic heterocycles. The van der Waals surface area contributed by atoms with Crippen LogP contribution in [0.25, 0.3) is 0 Å². The van der Waals surface area contributed by atoms with Gasteiger partial charge in [-0.2, -0.15) is 0 Å². The highest BCUT2D eigenvalue weighted by Gasteiger charge is 2.01. The van der Waals surface area contributed by atoms with Crippen molar-refractivity contribution in [3.63, 3.8) is 0 Å². The molecule has 0 bridgehead atoms. The van der Waals surface area contributed by atoms with Crippen molar-refractivity contribution in [3.8, 4) is 0 Å². The first kappa shape index (κ1) is 21.6. The number of aliphatic imine (C=N–C) groups is 1. The molecule has 0 unspecified atom stereocenters. The van der Waals surface area contributed by atoms with Gasteiger partial charge in [-0.25, -0.2) is 13.4 Å². The minimum absolute atomic E-state index is 0. The molecule has 0 atom stereocenters. The summed E-state index contributed by atoms with van der Waals surface area (Å²) in [6.07, 6.45) is 1.20. The Morgan fingerprint density at radius 3 is 2.73 bits per heavy atom. The molecule has 22 heavy (non-hydrogen) atoms. The summed E-state index contributed by atoms with van der Waals surface area (Å²) in [4.78, 5) is 5.67. The molecule has 1 heterocycles. The van der Waals surface area contributed by atoms with Gasteiger partial charge in [-0.15, -0.1) is 35.3 Å². The Hall–Kier alpha value is -0.390. The van der Waals surface area contributed by atoms with Crippen LogP contribution >= 0.6 is 35.3 Å². The van der Waals surface area contributed by atoms with Gasteiger partial charge in [0.25, 0.3) is 0 Å². The third-order valence-corrected chi connectivity index (χ3v) is 4.22. The largest absolute Gasteiger partial charge is 0.379 e. The van der Waals surface area contributed by atoms with Crippen LogP contribution in [-0.2, 0) is 21.1 Å². The first-order valence-electron chi connectivity index (χ1n) is 6.81. The van der Waals surface area contributed by atoms with Gasteiger partial charge in [0, 0.05) is 24.2 Å². The third-order valence-electron chi connectivity index (χ3n) is 2.45. The first-order valence-corrected chi connectivity index (χ1v) is 9.75. The zero-order valence-corrected chi connectivity index (χ0v) is 16.8. The third kappa shape index (κ3) is 11.2. The van der Waals surface area contributed by atoms with E-state index in [-0.39, 0.29) is 36.3 Å². The van der Waals surface area contributed by atoms with E-state index in [0.29, 0.717) is 19.7 Å². The average molecular weight is 461 g/mol. The first-order chi connectivity index (χ1) is 10.0. The Morgan fingerprint density at radius 1 is 1.36 bits per heavy atom. The smallest absolute Gasteiger partial charge is 0.191 e. The molecule has 0 fully saturated rings. The zero-order valence-electron chi connectivity index (χ0n) is 12.9. The van der Waals surface area contributed by atoms with E-state index in [0.717, 1.165) is 12.5 Å². The Bertz CT molecular complexity index is 519. The van der Waals surface area contributed by atoms with E-state index >= 15 is 0 Å². The number of guanidine groups is 1. The molecule has 0 aliphatic rings. The van der Waals surface area contributed by atoms with Crippen LogP contribution in [0.5, 0.6) is 0 Å². The van der Waals surface area contributed by atoms with Crippen LogP contribution in [0.3, 0.4) is 0 Å². The molecule has 128 valence electrons. The molecule has 0 radical (unpaired) electrons. The fourth-order valence-electron chi connectivity index (χ4n) is 1.46. The number of nitrogens with zero attached hydrogens (tertiary/aromatic N) is 1. The minimum Gasteiger partial charge on any atom is -0.379 e. The average Bonchev–Trinajstić information content (AvgIpc) is 2.91. The molecule has 0 amide bonds. The van der Waals surface area contributed by atoms with Crippen molar-refractivity contribution in [3.05, 3.63) is 22.4 Å². The highest BCUT2D eigenvalue weighted by Crippen LogP contribution is 2.09. The summed E-state index contributed by atoms with van der Waals surface area (Å²) in [6.45, 7) is 4.68. The predicted octanol–water partition coefficient (Wildman–Crippen LogP) is 1.48. The molecular weight excluding hydrogens is 437 g/mol. The van der Waals surface area contributed by atoms with E-state index in [2.05, 4.69) is 15.6 Å². The zero-order chi connectivity index (χ0) is 15.6. The summed E-state index contributed by atoms with van der Waals surface area (Å²) in [7, 11) is -2.95. The normalized spacial score (nSPS) is 11.8. The Labute approximate surface area is 153 Å². The van der Waals surface area contributed by atoms with Crippen molar-refractivity contribution in [1.82, 2.24) is 10.6 Å². The molecule has 0 spiro atoms. The van der Waals surface area contributed by atoms with Crippen LogP contribution in [0, 0.1) is 0 Å². The monoisotopic (exact) mass is 461 g/mol. The van der Waals surface area contributed by atoms with Crippen LogP contribution in [0.2, 0.25) is 0 Å². The van der Waals surface area contributed by atoms with E-state index in [1.807, 2.05) is 24.4 Å². The van der Waals surface area contributed by atoms with Crippen LogP contribution in [0.4, 0.5) is 0 Å². The molecule has 1 aromatic rings. The van der Waals surface area contributed by atoms with Crippen molar-refractivity contribution in [2.24, 2.45) is 4.99 Å². The maximum atomic E-state index is 10.9. The van der Waals surface area contributed by atoms with Gasteiger partial charge < -0.3 is 15.4 Å². The second-order valence-electron chi connectivity index (χ2n) is 4.44. The molecule has 0 aromatic carbocycles. The van der Waals surface area contributed by atoms with E-state index in [4.69, 9.17) is 4.74 Å². The highest BCUT2D eigenvalue weighted by molar-refractivity contribution is 14.0. The number of sulfone groups is 1. The summed E-state index contributed by atoms with van der Waals surface area (Å²) in [5.41, 5.74) is 0. The van der Waals surface area contributed by atoms with Gasteiger partial charge in [0.2, 0.25) is 0 Å². The number of ether oxygens (including phenoxy) is 1. The maximum Gasteiger partial charge on any atom is 0.191 e. The SMILES string of the molecule is CCNC(=NCc1cccs1)NCCOCCS(C)(=O)=O.I. The number of thiophene rings is 1. The molecule has 9 heteroatoms. The lowest BCUT2D eigenvalue weighted by Gasteiger charge is -2.11. The molecule has 0 aliphatic heterocycles. The van der Waals surface area contributed by atoms with E-state index in [1.54, 1.807) is 11.3 Å². The summed E-state index contributed by atoms with van der Waals surface area (Å²) in [5.74, 6) is 0.789. The van der Waals surface area contributed by atoms with Gasteiger partial charge in [-0.1, -0.05) is 6.07 Å². The number of hydrogen-bond donors (Lipinski definition) is 2. The number of rotatable bonds is 9. The lowest BCUT2D eigenvalue weighted by atomic mass is 10.5. The van der Waals surface area contributed by atoms with Crippen molar-refractivity contribution < 1.29 is 13.2 Å². The summed E-state index contributed by atoms with van der Waals surface area (Å²) in [5, 5.41) is 8.33. The topological polar surface area (TPSA) is 79.8 Å². The fraction of sp³-hybridized carbons (Fsp3) is 0.615. The lowest BCUT2D eigenvalue weighted by molar-refractivity contribution is 0.154. The van der Waals surface area contributed by atoms with Crippen molar-refractivity contribution in [1.29, 1.82) is 0 Å². The molecule has 6 nitrogen and oxygen atoms in total. The van der Waals surface area contributed by atoms with Gasteiger partial charge in [-0.3, -0.25) is 0 Å². The van der Waals surface area contributed by atoms with E-state index in [9.17, 15) is 8.42 Å². The quantitative estimate of drug-likeness (QED) is 0.252. The molecular formula is C13H24IN3O3S2. The summed E-state index contributed by atoms with van der Waals surface area (Å²) in [6, 6.07) is 4.05. The second-order valence-corrected chi connectivity index (χ2v) is 7.74. The second kappa shape index (κ2) is 12.1. The lowest BCUT2D eigenvalue weighted by Crippen LogP contribution is -2.39. The van der Waals surface area contributed by atoms with Crippen LogP contribution in [0.1, 0.15) is 11.8 Å². The van der Waals surface area contributed by atoms with Gasteiger partial charge in [0.05, 0.1) is 25.5 Å². The fourth-order valence-corrected chi connectivity index (χ4v) is 2.50. The molecule has 0 aliphatic carbocycles. The van der Waals surface area contributed by atoms with Gasteiger partial charge in [-0.05, 0) is 18.4 Å². The Morgan fingerprint density at radius 2 is 2.14 bits per heavy atom. The summed E-state index contributed by atoms with van der Waals surface area (Å²) < 4.78 is 27.1. The number of hydrogen-bond acceptors (Lipinski definition) is 5. The molecule has 0 saturated carbocycles. The number of nitrogens with one attached hydrogen (secondary N) is 2. The van der Waals surface area contributed by atoms with Crippen molar-refractivity contribution in [2.45, 2.75) is 13.5 Å². The van der Waals surface area contributed by atoms with Crippen LogP contribution in [0.15, 0.2) is 22.5 Å². The Balaban J connectivity index is 0.00000441. The van der Waals surface area contributed by atoms with Crippen LogP contribution in [-0.4, -0.2) is 52.7 Å². The van der Waals surface area contributed by atoms with E-state index in [1.165, 1.54) is 11.1 Å². The minimum atomic E-state index is -2.95. The number of halogens is 1. The Kier molecular flexibility index (Phi) is 11.9. The van der Waals surface area contributed by atoms with Crippen LogP contribution < -0.4 is 10.6 Å². The van der Waals surface area contributed by atoms with Gasteiger partial charge in [0.15, 0.2) is 5.96 Å². The van der Waals surface area contributed by atoms with Gasteiger partial charge in [0.1, 0.15) is 9.84 Å².